The summed E-state index contributed by atoms with van der Waals surface area (Å²) in [7, 11) is 0. The molecule has 0 saturated carbocycles. The van der Waals surface area contributed by atoms with Crippen molar-refractivity contribution in [2.45, 2.75) is 84.1 Å². The molecule has 20 heavy (non-hydrogen) atoms. The second-order valence-corrected chi connectivity index (χ2v) is 5.90. The lowest BCUT2D eigenvalue weighted by Crippen LogP contribution is -2.31. The molecule has 1 rings (SSSR count). The van der Waals surface area contributed by atoms with Crippen LogP contribution in [-0.2, 0) is 6.42 Å². The van der Waals surface area contributed by atoms with Crippen LogP contribution in [0.5, 0.6) is 0 Å². The van der Waals surface area contributed by atoms with Crippen LogP contribution in [0.25, 0.3) is 0 Å². The van der Waals surface area contributed by atoms with Crippen LogP contribution in [0.1, 0.15) is 77.2 Å². The molecule has 2 nitrogen and oxygen atoms in total. The third-order valence-electron chi connectivity index (χ3n) is 3.90. The van der Waals surface area contributed by atoms with E-state index < -0.39 is 0 Å². The molecule has 0 aliphatic heterocycles. The quantitative estimate of drug-likeness (QED) is 0.494. The van der Waals surface area contributed by atoms with E-state index in [1.54, 1.807) is 6.26 Å². The van der Waals surface area contributed by atoms with E-state index in [-0.39, 0.29) is 0 Å². The molecule has 1 atom stereocenters. The predicted octanol–water partition coefficient (Wildman–Crippen LogP) is 5.33. The van der Waals surface area contributed by atoms with Crippen molar-refractivity contribution in [1.29, 1.82) is 0 Å². The van der Waals surface area contributed by atoms with E-state index in [0.717, 1.165) is 13.0 Å². The van der Waals surface area contributed by atoms with Crippen LogP contribution < -0.4 is 5.32 Å². The van der Waals surface area contributed by atoms with E-state index in [1.165, 1.54) is 63.4 Å². The van der Waals surface area contributed by atoms with Crippen molar-refractivity contribution in [2.75, 3.05) is 6.54 Å². The summed E-state index contributed by atoms with van der Waals surface area (Å²) in [5.41, 5.74) is 1.32. The standard InChI is InChI=1S/C18H33NO/c1-3-5-6-7-8-9-10-11-18(19-13-4-2)15-17-12-14-20-16-17/h12,14,16,18-19H,3-11,13,15H2,1-2H3. The Morgan fingerprint density at radius 2 is 1.75 bits per heavy atom. The fraction of sp³-hybridized carbons (Fsp3) is 0.778. The normalized spacial score (nSPS) is 12.7. The van der Waals surface area contributed by atoms with Crippen molar-refractivity contribution in [2.24, 2.45) is 0 Å². The van der Waals surface area contributed by atoms with Gasteiger partial charge in [-0.25, -0.2) is 0 Å². The molecule has 0 spiro atoms. The van der Waals surface area contributed by atoms with E-state index in [0.29, 0.717) is 6.04 Å². The van der Waals surface area contributed by atoms with Crippen molar-refractivity contribution >= 4 is 0 Å². The maximum absolute atomic E-state index is 5.17. The molecule has 2 heteroatoms. The van der Waals surface area contributed by atoms with Gasteiger partial charge in [0.05, 0.1) is 12.5 Å². The summed E-state index contributed by atoms with van der Waals surface area (Å²) in [6.07, 6.45) is 17.0. The zero-order valence-electron chi connectivity index (χ0n) is 13.5. The van der Waals surface area contributed by atoms with Gasteiger partial charge in [0.1, 0.15) is 0 Å². The molecule has 1 aromatic heterocycles. The average molecular weight is 279 g/mol. The first kappa shape index (κ1) is 17.3. The fourth-order valence-electron chi connectivity index (χ4n) is 2.67. The summed E-state index contributed by atoms with van der Waals surface area (Å²) in [4.78, 5) is 0. The molecule has 0 fully saturated rings. The fourth-order valence-corrected chi connectivity index (χ4v) is 2.67. The Morgan fingerprint density at radius 3 is 2.40 bits per heavy atom. The van der Waals surface area contributed by atoms with Crippen LogP contribution in [0.15, 0.2) is 23.0 Å². The van der Waals surface area contributed by atoms with Crippen molar-refractivity contribution < 1.29 is 4.42 Å². The second kappa shape index (κ2) is 12.0. The third-order valence-corrected chi connectivity index (χ3v) is 3.90. The lowest BCUT2D eigenvalue weighted by Gasteiger charge is -2.17. The highest BCUT2D eigenvalue weighted by atomic mass is 16.3. The Bertz CT molecular complexity index is 294. The molecule has 1 heterocycles. The summed E-state index contributed by atoms with van der Waals surface area (Å²) in [6.45, 7) is 5.63. The molecule has 116 valence electrons. The molecule has 0 aliphatic rings. The van der Waals surface area contributed by atoms with E-state index in [9.17, 15) is 0 Å². The van der Waals surface area contributed by atoms with Crippen molar-refractivity contribution in [1.82, 2.24) is 5.32 Å². The SMILES string of the molecule is CCCCCCCCCC(Cc1ccoc1)NCCC. The molecule has 0 radical (unpaired) electrons. The maximum Gasteiger partial charge on any atom is 0.0935 e. The van der Waals surface area contributed by atoms with E-state index in [2.05, 4.69) is 25.2 Å². The highest BCUT2D eigenvalue weighted by Crippen LogP contribution is 2.13. The van der Waals surface area contributed by atoms with Gasteiger partial charge in [0.15, 0.2) is 0 Å². The van der Waals surface area contributed by atoms with Gasteiger partial charge in [-0.15, -0.1) is 0 Å². The summed E-state index contributed by atoms with van der Waals surface area (Å²) in [5.74, 6) is 0. The van der Waals surface area contributed by atoms with Gasteiger partial charge < -0.3 is 9.73 Å². The van der Waals surface area contributed by atoms with Gasteiger partial charge in [0.25, 0.3) is 0 Å². The second-order valence-electron chi connectivity index (χ2n) is 5.90. The monoisotopic (exact) mass is 279 g/mol. The van der Waals surface area contributed by atoms with E-state index >= 15 is 0 Å². The molecule has 1 unspecified atom stereocenters. The minimum Gasteiger partial charge on any atom is -0.472 e. The van der Waals surface area contributed by atoms with Crippen LogP contribution in [0.3, 0.4) is 0 Å². The van der Waals surface area contributed by atoms with Gasteiger partial charge in [0, 0.05) is 6.04 Å². The number of hydrogen-bond donors (Lipinski definition) is 1. The topological polar surface area (TPSA) is 25.2 Å². The maximum atomic E-state index is 5.17. The molecule has 0 bridgehead atoms. The Morgan fingerprint density at radius 1 is 1.00 bits per heavy atom. The van der Waals surface area contributed by atoms with Crippen LogP contribution in [-0.4, -0.2) is 12.6 Å². The van der Waals surface area contributed by atoms with Gasteiger partial charge in [-0.2, -0.15) is 0 Å². The third kappa shape index (κ3) is 8.42. The Hall–Kier alpha value is -0.760. The van der Waals surface area contributed by atoms with Crippen LogP contribution >= 0.6 is 0 Å². The predicted molar refractivity (Wildman–Crippen MR) is 87.1 cm³/mol. The zero-order valence-corrected chi connectivity index (χ0v) is 13.5. The lowest BCUT2D eigenvalue weighted by molar-refractivity contribution is 0.447. The summed E-state index contributed by atoms with van der Waals surface area (Å²) in [5, 5.41) is 3.68. The van der Waals surface area contributed by atoms with Crippen LogP contribution in [0, 0.1) is 0 Å². The zero-order chi connectivity index (χ0) is 14.5. The molecule has 1 N–H and O–H groups in total. The minimum absolute atomic E-state index is 0.614. The lowest BCUT2D eigenvalue weighted by atomic mass is 10.0. The first-order chi connectivity index (χ1) is 9.86. The number of rotatable bonds is 13. The summed E-state index contributed by atoms with van der Waals surface area (Å²) < 4.78 is 5.17. The highest BCUT2D eigenvalue weighted by molar-refractivity contribution is 5.07. The number of furan rings is 1. The van der Waals surface area contributed by atoms with Gasteiger partial charge in [-0.3, -0.25) is 0 Å². The number of nitrogens with one attached hydrogen (secondary N) is 1. The highest BCUT2D eigenvalue weighted by Gasteiger charge is 2.09. The molecule has 0 saturated heterocycles. The van der Waals surface area contributed by atoms with E-state index in [1.807, 2.05) is 6.26 Å². The van der Waals surface area contributed by atoms with E-state index in [4.69, 9.17) is 4.42 Å². The first-order valence-corrected chi connectivity index (χ1v) is 8.61. The Balaban J connectivity index is 2.13. The summed E-state index contributed by atoms with van der Waals surface area (Å²) in [6, 6.07) is 2.70. The van der Waals surface area contributed by atoms with Crippen molar-refractivity contribution in [3.8, 4) is 0 Å². The molecule has 1 aromatic rings. The van der Waals surface area contributed by atoms with Crippen molar-refractivity contribution in [3.05, 3.63) is 24.2 Å². The summed E-state index contributed by atoms with van der Waals surface area (Å²) >= 11 is 0. The average Bonchev–Trinajstić information content (AvgIpc) is 2.96. The Kier molecular flexibility index (Phi) is 10.4. The van der Waals surface area contributed by atoms with Gasteiger partial charge in [-0.1, -0.05) is 58.8 Å². The van der Waals surface area contributed by atoms with Gasteiger partial charge in [-0.05, 0) is 37.4 Å². The Labute approximate surface area is 125 Å². The molecular weight excluding hydrogens is 246 g/mol. The van der Waals surface area contributed by atoms with Crippen LogP contribution in [0.2, 0.25) is 0 Å². The number of unbranched alkanes of at least 4 members (excludes halogenated alkanes) is 6. The smallest absolute Gasteiger partial charge is 0.0935 e. The molecule has 0 amide bonds. The molecule has 0 aliphatic carbocycles. The van der Waals surface area contributed by atoms with Gasteiger partial charge in [0.2, 0.25) is 0 Å². The van der Waals surface area contributed by atoms with Crippen LogP contribution in [0.4, 0.5) is 0 Å². The minimum atomic E-state index is 0.614. The molecule has 0 aromatic carbocycles. The largest absolute Gasteiger partial charge is 0.472 e. The first-order valence-electron chi connectivity index (χ1n) is 8.61. The van der Waals surface area contributed by atoms with Crippen molar-refractivity contribution in [3.63, 3.8) is 0 Å². The number of hydrogen-bond acceptors (Lipinski definition) is 2. The molecular formula is C18H33NO. The van der Waals surface area contributed by atoms with Gasteiger partial charge >= 0.3 is 0 Å².